The van der Waals surface area contributed by atoms with Crippen LogP contribution in [0.1, 0.15) is 24.4 Å². The number of para-hydroxylation sites is 2. The van der Waals surface area contributed by atoms with Gasteiger partial charge in [-0.3, -0.25) is 14.6 Å². The van der Waals surface area contributed by atoms with Gasteiger partial charge in [-0.25, -0.2) is 4.98 Å². The Labute approximate surface area is 192 Å². The van der Waals surface area contributed by atoms with Crippen molar-refractivity contribution in [3.63, 3.8) is 0 Å². The van der Waals surface area contributed by atoms with Gasteiger partial charge in [-0.2, -0.15) is 13.2 Å². The van der Waals surface area contributed by atoms with Gasteiger partial charge in [0.2, 0.25) is 11.8 Å². The molecule has 33 heavy (non-hydrogen) atoms. The van der Waals surface area contributed by atoms with Gasteiger partial charge in [0.25, 0.3) is 0 Å². The lowest BCUT2D eigenvalue weighted by Gasteiger charge is -2.27. The molecular formula is C22H22F3N5O2S. The Balaban J connectivity index is 1.43. The molecule has 1 unspecified atom stereocenters. The first kappa shape index (κ1) is 23.1. The van der Waals surface area contributed by atoms with Crippen LogP contribution in [-0.4, -0.2) is 55.8 Å². The number of aryl methyl sites for hydroxylation is 1. The first-order valence-electron chi connectivity index (χ1n) is 10.4. The summed E-state index contributed by atoms with van der Waals surface area (Å²) < 4.78 is 42.7. The number of thioether (sulfide) groups is 1. The fourth-order valence-corrected chi connectivity index (χ4v) is 4.81. The second-order valence-electron chi connectivity index (χ2n) is 7.75. The molecule has 0 saturated carbocycles. The van der Waals surface area contributed by atoms with Gasteiger partial charge in [0.15, 0.2) is 11.2 Å². The minimum Gasteiger partial charge on any atom is -0.339 e. The molecule has 0 radical (unpaired) electrons. The zero-order valence-electron chi connectivity index (χ0n) is 17.7. The van der Waals surface area contributed by atoms with Crippen LogP contribution in [0.4, 0.5) is 13.2 Å². The van der Waals surface area contributed by atoms with E-state index in [9.17, 15) is 22.8 Å². The molecule has 1 aliphatic rings. The first-order chi connectivity index (χ1) is 15.8. The van der Waals surface area contributed by atoms with E-state index >= 15 is 0 Å². The molecule has 1 N–H and O–H groups in total. The number of halogens is 3. The molecule has 0 aliphatic carbocycles. The highest BCUT2D eigenvalue weighted by molar-refractivity contribution is 7.99. The lowest BCUT2D eigenvalue weighted by atomic mass is 10.1. The van der Waals surface area contributed by atoms with Crippen LogP contribution in [0.25, 0.3) is 11.0 Å². The second kappa shape index (κ2) is 9.42. The van der Waals surface area contributed by atoms with E-state index in [4.69, 9.17) is 0 Å². The number of nitrogens with one attached hydrogen (secondary N) is 1. The largest absolute Gasteiger partial charge is 0.412 e. The smallest absolute Gasteiger partial charge is 0.339 e. The van der Waals surface area contributed by atoms with Crippen LogP contribution in [0.2, 0.25) is 0 Å². The third-order valence-electron chi connectivity index (χ3n) is 5.58. The molecule has 1 aliphatic heterocycles. The summed E-state index contributed by atoms with van der Waals surface area (Å²) in [6.07, 6.45) is -1.40. The van der Waals surface area contributed by atoms with Gasteiger partial charge in [0.05, 0.1) is 16.8 Å². The Hall–Kier alpha value is -3.08. The highest BCUT2D eigenvalue weighted by Crippen LogP contribution is 2.33. The molecule has 7 nitrogen and oxygen atoms in total. The van der Waals surface area contributed by atoms with Gasteiger partial charge in [-0.1, -0.05) is 30.0 Å². The Morgan fingerprint density at radius 1 is 1.24 bits per heavy atom. The summed E-state index contributed by atoms with van der Waals surface area (Å²) in [5.41, 5.74) is 1.58. The van der Waals surface area contributed by atoms with Crippen LogP contribution in [0.15, 0.2) is 53.9 Å². The summed E-state index contributed by atoms with van der Waals surface area (Å²) in [6.45, 7) is 0.323. The van der Waals surface area contributed by atoms with Gasteiger partial charge in [0, 0.05) is 31.5 Å². The van der Waals surface area contributed by atoms with Crippen molar-refractivity contribution in [2.24, 2.45) is 7.05 Å². The fraction of sp³-hybridized carbons (Fsp3) is 0.364. The zero-order chi connectivity index (χ0) is 23.6. The van der Waals surface area contributed by atoms with Gasteiger partial charge < -0.3 is 14.8 Å². The molecule has 4 rings (SSSR count). The van der Waals surface area contributed by atoms with Crippen molar-refractivity contribution in [2.75, 3.05) is 12.3 Å². The molecule has 1 fully saturated rings. The Morgan fingerprint density at radius 2 is 2.03 bits per heavy atom. The minimum atomic E-state index is -4.69. The number of fused-ring (bicyclic) bond motifs is 1. The molecule has 174 valence electrons. The quantitative estimate of drug-likeness (QED) is 0.550. The van der Waals surface area contributed by atoms with Crippen molar-refractivity contribution < 1.29 is 22.8 Å². The number of carbonyl (C=O) groups is 2. The van der Waals surface area contributed by atoms with Crippen molar-refractivity contribution in [3.8, 4) is 0 Å². The van der Waals surface area contributed by atoms with Crippen molar-refractivity contribution in [1.29, 1.82) is 0 Å². The molecule has 3 heterocycles. The van der Waals surface area contributed by atoms with E-state index in [0.717, 1.165) is 17.2 Å². The molecule has 0 spiro atoms. The molecule has 2 aromatic heterocycles. The topological polar surface area (TPSA) is 80.1 Å². The Kier molecular flexibility index (Phi) is 6.59. The minimum absolute atomic E-state index is 0.0340. The van der Waals surface area contributed by atoms with Crippen LogP contribution in [0.3, 0.4) is 0 Å². The third-order valence-corrected chi connectivity index (χ3v) is 6.59. The SMILES string of the molecule is Cn1c(SCC(=O)N2CCC[C@H]2C(=O)NC(c2cccnc2)C(F)(F)F)nc2ccccc21. The molecule has 0 bridgehead atoms. The zero-order valence-corrected chi connectivity index (χ0v) is 18.6. The lowest BCUT2D eigenvalue weighted by molar-refractivity contribution is -0.165. The van der Waals surface area contributed by atoms with Gasteiger partial charge in [0.1, 0.15) is 6.04 Å². The van der Waals surface area contributed by atoms with Crippen LogP contribution < -0.4 is 5.32 Å². The maximum Gasteiger partial charge on any atom is 0.412 e. The van der Waals surface area contributed by atoms with E-state index in [0.29, 0.717) is 24.5 Å². The first-order valence-corrected chi connectivity index (χ1v) is 11.3. The summed E-state index contributed by atoms with van der Waals surface area (Å²) in [6, 6.07) is 7.08. The average Bonchev–Trinajstić information content (AvgIpc) is 3.41. The maximum absolute atomic E-state index is 13.6. The predicted octanol–water partition coefficient (Wildman–Crippen LogP) is 3.47. The van der Waals surface area contributed by atoms with Crippen LogP contribution in [0, 0.1) is 0 Å². The number of amides is 2. The summed E-state index contributed by atoms with van der Waals surface area (Å²) in [4.78, 5) is 35.2. The molecule has 2 amide bonds. The van der Waals surface area contributed by atoms with Crippen LogP contribution >= 0.6 is 11.8 Å². The Bertz CT molecular complexity index is 1150. The summed E-state index contributed by atoms with van der Waals surface area (Å²) >= 11 is 1.24. The number of hydrogen-bond acceptors (Lipinski definition) is 5. The van der Waals surface area contributed by atoms with Crippen molar-refractivity contribution in [2.45, 2.75) is 36.3 Å². The number of hydrogen-bond donors (Lipinski definition) is 1. The number of imidazole rings is 1. The number of pyridine rings is 1. The molecule has 11 heteroatoms. The predicted molar refractivity (Wildman–Crippen MR) is 117 cm³/mol. The molecule has 1 saturated heterocycles. The molecular weight excluding hydrogens is 455 g/mol. The number of nitrogens with zero attached hydrogens (tertiary/aromatic N) is 4. The number of likely N-dealkylation sites (tertiary alicyclic amines) is 1. The third kappa shape index (κ3) is 4.97. The highest BCUT2D eigenvalue weighted by Gasteiger charge is 2.44. The van der Waals surface area contributed by atoms with E-state index in [-0.39, 0.29) is 17.2 Å². The van der Waals surface area contributed by atoms with Crippen molar-refractivity contribution in [3.05, 3.63) is 54.4 Å². The van der Waals surface area contributed by atoms with E-state index in [1.807, 2.05) is 35.9 Å². The van der Waals surface area contributed by atoms with E-state index in [1.165, 1.54) is 35.0 Å². The normalized spacial score (nSPS) is 17.3. The van der Waals surface area contributed by atoms with Crippen molar-refractivity contribution >= 4 is 34.6 Å². The van der Waals surface area contributed by atoms with Gasteiger partial charge in [-0.05, 0) is 31.0 Å². The molecule has 1 aromatic carbocycles. The average molecular weight is 478 g/mol. The number of carbonyl (C=O) groups excluding carboxylic acids is 2. The van der Waals surface area contributed by atoms with Crippen LogP contribution in [-0.2, 0) is 16.6 Å². The number of alkyl halides is 3. The summed E-state index contributed by atoms with van der Waals surface area (Å²) in [5, 5.41) is 2.73. The maximum atomic E-state index is 13.6. The van der Waals surface area contributed by atoms with Gasteiger partial charge in [-0.15, -0.1) is 0 Å². The number of aromatic nitrogens is 3. The van der Waals surface area contributed by atoms with E-state index in [1.54, 1.807) is 0 Å². The van der Waals surface area contributed by atoms with Gasteiger partial charge >= 0.3 is 6.18 Å². The Morgan fingerprint density at radius 3 is 2.73 bits per heavy atom. The van der Waals surface area contributed by atoms with Crippen LogP contribution in [0.5, 0.6) is 0 Å². The standard InChI is InChI=1S/C22H22F3N5O2S/c1-29-16-8-3-2-7-15(16)27-21(29)33-13-18(31)30-11-5-9-17(30)20(32)28-19(22(23,24)25)14-6-4-10-26-12-14/h2-4,6-8,10,12,17,19H,5,9,11,13H2,1H3,(H,28,32)/t17-,19?/m0/s1. The fourth-order valence-electron chi connectivity index (χ4n) is 3.94. The van der Waals surface area contributed by atoms with E-state index in [2.05, 4.69) is 15.3 Å². The summed E-state index contributed by atoms with van der Waals surface area (Å²) in [5.74, 6) is -1.10. The molecule has 2 atom stereocenters. The number of rotatable bonds is 6. The van der Waals surface area contributed by atoms with Crippen molar-refractivity contribution in [1.82, 2.24) is 24.8 Å². The summed E-state index contributed by atoms with van der Waals surface area (Å²) in [7, 11) is 1.85. The molecule has 3 aromatic rings. The number of benzene rings is 1. The van der Waals surface area contributed by atoms with E-state index < -0.39 is 24.2 Å². The monoisotopic (exact) mass is 477 g/mol. The highest BCUT2D eigenvalue weighted by atomic mass is 32.2. The second-order valence-corrected chi connectivity index (χ2v) is 8.69. The lowest BCUT2D eigenvalue weighted by Crippen LogP contribution is -2.49.